The Hall–Kier alpha value is -1.98. The molecule has 0 atom stereocenters. The lowest BCUT2D eigenvalue weighted by Gasteiger charge is -2.04. The van der Waals surface area contributed by atoms with E-state index < -0.39 is 22.4 Å². The first-order valence-corrected chi connectivity index (χ1v) is 5.67. The number of rotatable bonds is 6. The van der Waals surface area contributed by atoms with E-state index in [1.54, 1.807) is 0 Å². The minimum atomic E-state index is -1.04. The molecule has 0 aromatic heterocycles. The van der Waals surface area contributed by atoms with Crippen LogP contribution in [0.4, 0.5) is 10.1 Å². The molecule has 1 aromatic carbocycles. The number of hydrogen-bond acceptors (Lipinski definition) is 4. The Labute approximate surface area is 104 Å². The monoisotopic (exact) mass is 255 g/mol. The van der Waals surface area contributed by atoms with Gasteiger partial charge in [-0.05, 0) is 18.6 Å². The van der Waals surface area contributed by atoms with Crippen LogP contribution >= 0.6 is 0 Å². The van der Waals surface area contributed by atoms with Gasteiger partial charge in [-0.2, -0.15) is 4.39 Å². The Bertz CT molecular complexity index is 448. The molecule has 18 heavy (non-hydrogen) atoms. The highest BCUT2D eigenvalue weighted by Gasteiger charge is 2.17. The fraction of sp³-hybridized carbons (Fsp3) is 0.417. The van der Waals surface area contributed by atoms with Crippen molar-refractivity contribution in [2.45, 2.75) is 26.2 Å². The molecule has 0 amide bonds. The summed E-state index contributed by atoms with van der Waals surface area (Å²) in [6.45, 7) is 2.29. The van der Waals surface area contributed by atoms with Gasteiger partial charge in [-0.1, -0.05) is 19.8 Å². The van der Waals surface area contributed by atoms with Crippen LogP contribution in [0.25, 0.3) is 0 Å². The average Bonchev–Trinajstić information content (AvgIpc) is 2.33. The number of unbranched alkanes of at least 4 members (excludes halogenated alkanes) is 2. The van der Waals surface area contributed by atoms with E-state index in [4.69, 9.17) is 4.74 Å². The highest BCUT2D eigenvalue weighted by atomic mass is 19.1. The number of nitro benzene ring substituents is 1. The molecule has 0 spiro atoms. The highest BCUT2D eigenvalue weighted by molar-refractivity contribution is 5.89. The van der Waals surface area contributed by atoms with E-state index in [0.717, 1.165) is 31.4 Å². The second-order valence-corrected chi connectivity index (χ2v) is 3.77. The third-order valence-corrected chi connectivity index (χ3v) is 2.36. The first kappa shape index (κ1) is 14.1. The zero-order valence-electron chi connectivity index (χ0n) is 10.0. The molecule has 0 saturated carbocycles. The van der Waals surface area contributed by atoms with Crippen LogP contribution in [0, 0.1) is 15.9 Å². The van der Waals surface area contributed by atoms with Crippen molar-refractivity contribution < 1.29 is 18.8 Å². The lowest BCUT2D eigenvalue weighted by molar-refractivity contribution is -0.387. The van der Waals surface area contributed by atoms with Crippen LogP contribution < -0.4 is 0 Å². The van der Waals surface area contributed by atoms with Crippen molar-refractivity contribution in [1.29, 1.82) is 0 Å². The van der Waals surface area contributed by atoms with E-state index in [1.807, 2.05) is 6.92 Å². The van der Waals surface area contributed by atoms with Crippen molar-refractivity contribution in [3.05, 3.63) is 39.7 Å². The van der Waals surface area contributed by atoms with Crippen LogP contribution in [0.15, 0.2) is 18.2 Å². The number of benzene rings is 1. The van der Waals surface area contributed by atoms with Gasteiger partial charge in [0.2, 0.25) is 5.82 Å². The van der Waals surface area contributed by atoms with Gasteiger partial charge in [0.25, 0.3) is 0 Å². The van der Waals surface area contributed by atoms with Crippen LogP contribution in [0.5, 0.6) is 0 Å². The number of carbonyl (C=O) groups excluding carboxylic acids is 1. The first-order chi connectivity index (χ1) is 8.56. The Kier molecular flexibility index (Phi) is 5.23. The summed E-state index contributed by atoms with van der Waals surface area (Å²) in [5, 5.41) is 10.4. The van der Waals surface area contributed by atoms with E-state index >= 15 is 0 Å². The molecule has 0 saturated heterocycles. The molecule has 6 heteroatoms. The van der Waals surface area contributed by atoms with Gasteiger partial charge in [-0.25, -0.2) is 4.79 Å². The van der Waals surface area contributed by atoms with Crippen molar-refractivity contribution >= 4 is 11.7 Å². The molecule has 0 unspecified atom stereocenters. The molecule has 0 N–H and O–H groups in total. The summed E-state index contributed by atoms with van der Waals surface area (Å²) in [5.41, 5.74) is -0.674. The van der Waals surface area contributed by atoms with Gasteiger partial charge < -0.3 is 4.74 Å². The zero-order chi connectivity index (χ0) is 13.5. The number of ether oxygens (including phenoxy) is 1. The molecule has 0 radical (unpaired) electrons. The third kappa shape index (κ3) is 3.80. The Balaban J connectivity index is 2.64. The van der Waals surface area contributed by atoms with Gasteiger partial charge in [-0.15, -0.1) is 0 Å². The summed E-state index contributed by atoms with van der Waals surface area (Å²) in [5.74, 6) is -1.71. The van der Waals surface area contributed by atoms with Gasteiger partial charge in [0.05, 0.1) is 17.1 Å². The zero-order valence-corrected chi connectivity index (χ0v) is 10.0. The maximum atomic E-state index is 13.3. The Morgan fingerprint density at radius 3 is 2.72 bits per heavy atom. The Morgan fingerprint density at radius 2 is 2.17 bits per heavy atom. The molecule has 0 aliphatic carbocycles. The number of carbonyl (C=O) groups is 1. The summed E-state index contributed by atoms with van der Waals surface area (Å²) < 4.78 is 18.2. The lowest BCUT2D eigenvalue weighted by Crippen LogP contribution is -2.07. The molecule has 0 aliphatic rings. The molecular weight excluding hydrogens is 241 g/mol. The van der Waals surface area contributed by atoms with E-state index in [9.17, 15) is 19.3 Å². The quantitative estimate of drug-likeness (QED) is 0.339. The van der Waals surface area contributed by atoms with Gasteiger partial charge in [-0.3, -0.25) is 10.1 Å². The van der Waals surface area contributed by atoms with Crippen LogP contribution in [0.3, 0.4) is 0 Å². The fourth-order valence-electron chi connectivity index (χ4n) is 1.38. The normalized spacial score (nSPS) is 10.1. The molecule has 1 aromatic rings. The van der Waals surface area contributed by atoms with Crippen molar-refractivity contribution in [3.63, 3.8) is 0 Å². The fourth-order valence-corrected chi connectivity index (χ4v) is 1.38. The van der Waals surface area contributed by atoms with Gasteiger partial charge in [0, 0.05) is 6.07 Å². The van der Waals surface area contributed by atoms with Crippen molar-refractivity contribution in [2.24, 2.45) is 0 Å². The van der Waals surface area contributed by atoms with Gasteiger partial charge in [0.15, 0.2) is 0 Å². The third-order valence-electron chi connectivity index (χ3n) is 2.36. The van der Waals surface area contributed by atoms with Crippen LogP contribution in [-0.2, 0) is 4.74 Å². The smallest absolute Gasteiger partial charge is 0.338 e. The van der Waals surface area contributed by atoms with Crippen molar-refractivity contribution in [3.8, 4) is 0 Å². The summed E-state index contributed by atoms with van der Waals surface area (Å²) in [6.07, 6.45) is 2.70. The summed E-state index contributed by atoms with van der Waals surface area (Å²) >= 11 is 0. The molecular formula is C12H14FNO4. The predicted octanol–water partition coefficient (Wildman–Crippen LogP) is 3.08. The first-order valence-electron chi connectivity index (χ1n) is 5.67. The number of nitrogens with zero attached hydrogens (tertiary/aromatic N) is 1. The minimum Gasteiger partial charge on any atom is -0.462 e. The van der Waals surface area contributed by atoms with Crippen LogP contribution in [0.1, 0.15) is 36.5 Å². The maximum absolute atomic E-state index is 13.3. The Morgan fingerprint density at radius 1 is 1.44 bits per heavy atom. The maximum Gasteiger partial charge on any atom is 0.338 e. The van der Waals surface area contributed by atoms with E-state index in [0.29, 0.717) is 0 Å². The number of hydrogen-bond donors (Lipinski definition) is 0. The van der Waals surface area contributed by atoms with E-state index in [2.05, 4.69) is 0 Å². The lowest BCUT2D eigenvalue weighted by atomic mass is 10.2. The second-order valence-electron chi connectivity index (χ2n) is 3.77. The highest BCUT2D eigenvalue weighted by Crippen LogP contribution is 2.18. The van der Waals surface area contributed by atoms with E-state index in [1.165, 1.54) is 6.07 Å². The van der Waals surface area contributed by atoms with Crippen molar-refractivity contribution in [2.75, 3.05) is 6.61 Å². The van der Waals surface area contributed by atoms with Gasteiger partial charge >= 0.3 is 11.7 Å². The van der Waals surface area contributed by atoms with Crippen LogP contribution in [-0.4, -0.2) is 17.5 Å². The number of esters is 1. The largest absolute Gasteiger partial charge is 0.462 e. The summed E-state index contributed by atoms with van der Waals surface area (Å²) in [4.78, 5) is 21.0. The average molecular weight is 255 g/mol. The predicted molar refractivity (Wildman–Crippen MR) is 62.9 cm³/mol. The molecule has 0 fully saturated rings. The standard InChI is InChI=1S/C12H14FNO4/c1-2-3-4-7-18-12(15)9-5-6-11(14(16)17)10(13)8-9/h5-6,8H,2-4,7H2,1H3. The molecule has 0 bridgehead atoms. The molecule has 0 aliphatic heterocycles. The molecule has 5 nitrogen and oxygen atoms in total. The van der Waals surface area contributed by atoms with E-state index in [-0.39, 0.29) is 12.2 Å². The summed E-state index contributed by atoms with van der Waals surface area (Å²) in [7, 11) is 0. The topological polar surface area (TPSA) is 69.4 Å². The summed E-state index contributed by atoms with van der Waals surface area (Å²) in [6, 6.07) is 2.96. The molecule has 98 valence electrons. The SMILES string of the molecule is CCCCCOC(=O)c1ccc([N+](=O)[O-])c(F)c1. The number of halogens is 1. The van der Waals surface area contributed by atoms with Crippen molar-refractivity contribution in [1.82, 2.24) is 0 Å². The van der Waals surface area contributed by atoms with Gasteiger partial charge in [0.1, 0.15) is 0 Å². The molecule has 1 rings (SSSR count). The second kappa shape index (κ2) is 6.68. The minimum absolute atomic E-state index is 0.0189. The molecule has 0 heterocycles. The van der Waals surface area contributed by atoms with Crippen LogP contribution in [0.2, 0.25) is 0 Å². The number of nitro groups is 1.